The molecule has 0 radical (unpaired) electrons. The molecular weight excluding hydrogens is 274 g/mol. The van der Waals surface area contributed by atoms with E-state index >= 15 is 0 Å². The van der Waals surface area contributed by atoms with Crippen LogP contribution in [0, 0.1) is 0 Å². The van der Waals surface area contributed by atoms with Crippen LogP contribution in [0.15, 0.2) is 30.5 Å². The van der Waals surface area contributed by atoms with E-state index in [4.69, 9.17) is 5.73 Å². The van der Waals surface area contributed by atoms with E-state index in [9.17, 15) is 4.79 Å². The molecule has 4 heteroatoms. The van der Waals surface area contributed by atoms with Crippen LogP contribution in [0.25, 0.3) is 10.9 Å². The molecule has 1 aromatic carbocycles. The maximum absolute atomic E-state index is 13.2. The highest BCUT2D eigenvalue weighted by Crippen LogP contribution is 2.39. The first-order valence-electron chi connectivity index (χ1n) is 7.88. The third-order valence-corrected chi connectivity index (χ3v) is 4.74. The number of nitrogens with two attached hydrogens (primary N) is 1. The molecule has 1 fully saturated rings. The van der Waals surface area contributed by atoms with Gasteiger partial charge >= 0.3 is 0 Å². The molecule has 0 spiro atoms. The molecule has 1 aromatic heterocycles. The highest BCUT2D eigenvalue weighted by Gasteiger charge is 2.47. The minimum absolute atomic E-state index is 0.0819. The normalized spacial score (nSPS) is 21.2. The van der Waals surface area contributed by atoms with Crippen LogP contribution >= 0.6 is 0 Å². The van der Waals surface area contributed by atoms with Crippen molar-refractivity contribution >= 4 is 16.8 Å². The van der Waals surface area contributed by atoms with Gasteiger partial charge in [0, 0.05) is 34.4 Å². The van der Waals surface area contributed by atoms with E-state index in [1.807, 2.05) is 35.4 Å². The van der Waals surface area contributed by atoms with Crippen molar-refractivity contribution in [1.29, 1.82) is 0 Å². The molecule has 3 N–H and O–H groups in total. The fourth-order valence-corrected chi connectivity index (χ4v) is 4.22. The molecule has 2 heterocycles. The molecule has 118 valence electrons. The maximum atomic E-state index is 13.2. The lowest BCUT2D eigenvalue weighted by Gasteiger charge is -2.54. The molecule has 4 nitrogen and oxygen atoms in total. The topological polar surface area (TPSA) is 62.1 Å². The summed E-state index contributed by atoms with van der Waals surface area (Å²) < 4.78 is 0. The lowest BCUT2D eigenvalue weighted by atomic mass is 9.77. The molecule has 2 aromatic rings. The Labute approximate surface area is 131 Å². The third kappa shape index (κ3) is 2.41. The number of fused-ring (bicyclic) bond motifs is 1. The Balaban J connectivity index is 2.01. The molecule has 1 saturated heterocycles. The average Bonchev–Trinajstić information content (AvgIpc) is 2.81. The van der Waals surface area contributed by atoms with Gasteiger partial charge in [0.1, 0.15) is 0 Å². The van der Waals surface area contributed by atoms with Gasteiger partial charge in [-0.3, -0.25) is 4.79 Å². The van der Waals surface area contributed by atoms with Gasteiger partial charge < -0.3 is 15.6 Å². The molecule has 0 saturated carbocycles. The molecule has 0 atom stereocenters. The zero-order valence-corrected chi connectivity index (χ0v) is 13.8. The first kappa shape index (κ1) is 15.1. The van der Waals surface area contributed by atoms with Crippen LogP contribution in [0.5, 0.6) is 0 Å². The van der Waals surface area contributed by atoms with Crippen molar-refractivity contribution in [2.45, 2.75) is 57.7 Å². The van der Waals surface area contributed by atoms with Crippen LogP contribution in [0.2, 0.25) is 0 Å². The predicted octanol–water partition coefficient (Wildman–Crippen LogP) is 3.29. The van der Waals surface area contributed by atoms with Crippen molar-refractivity contribution in [2.24, 2.45) is 5.73 Å². The fraction of sp³-hybridized carbons (Fsp3) is 0.500. The molecule has 0 aliphatic carbocycles. The Kier molecular flexibility index (Phi) is 3.33. The average molecular weight is 299 g/mol. The number of aromatic amines is 1. The molecular formula is C18H25N3O. The van der Waals surface area contributed by atoms with E-state index in [0.717, 1.165) is 29.3 Å². The second-order valence-corrected chi connectivity index (χ2v) is 7.71. The number of rotatable bonds is 1. The number of nitrogens with one attached hydrogen (secondary N) is 1. The zero-order chi connectivity index (χ0) is 16.1. The number of amides is 1. The number of aromatic nitrogens is 1. The number of benzene rings is 1. The number of likely N-dealkylation sites (tertiary alicyclic amines) is 1. The van der Waals surface area contributed by atoms with E-state index in [2.05, 4.69) is 32.7 Å². The standard InChI is InChI=1S/C18H25N3O/c1-17(2)10-14(19)11-18(3,4)21(17)16(22)13-6-5-12-7-8-20-15(12)9-13/h5-9,14,20H,10-11,19H2,1-4H3. The van der Waals surface area contributed by atoms with E-state index in [0.29, 0.717) is 0 Å². The highest BCUT2D eigenvalue weighted by molar-refractivity contribution is 5.98. The van der Waals surface area contributed by atoms with Gasteiger partial charge in [0.25, 0.3) is 5.91 Å². The van der Waals surface area contributed by atoms with Crippen LogP contribution in [-0.4, -0.2) is 32.9 Å². The van der Waals surface area contributed by atoms with Crippen LogP contribution < -0.4 is 5.73 Å². The van der Waals surface area contributed by atoms with Gasteiger partial charge in [-0.05, 0) is 64.1 Å². The summed E-state index contributed by atoms with van der Waals surface area (Å²) in [6, 6.07) is 8.00. The Hall–Kier alpha value is -1.81. The van der Waals surface area contributed by atoms with E-state index in [1.165, 1.54) is 0 Å². The maximum Gasteiger partial charge on any atom is 0.254 e. The summed E-state index contributed by atoms with van der Waals surface area (Å²) in [5.74, 6) is 0.0819. The van der Waals surface area contributed by atoms with Gasteiger partial charge in [-0.1, -0.05) is 6.07 Å². The third-order valence-electron chi connectivity index (χ3n) is 4.74. The number of H-pyrrole nitrogens is 1. The van der Waals surface area contributed by atoms with Crippen molar-refractivity contribution in [3.63, 3.8) is 0 Å². The van der Waals surface area contributed by atoms with Crippen LogP contribution in [0.4, 0.5) is 0 Å². The summed E-state index contributed by atoms with van der Waals surface area (Å²) in [5, 5.41) is 1.12. The molecule has 1 aliphatic heterocycles. The number of carbonyl (C=O) groups is 1. The smallest absolute Gasteiger partial charge is 0.254 e. The van der Waals surface area contributed by atoms with Crippen LogP contribution in [0.1, 0.15) is 50.9 Å². The van der Waals surface area contributed by atoms with Crippen molar-refractivity contribution in [3.05, 3.63) is 36.0 Å². The van der Waals surface area contributed by atoms with Gasteiger partial charge in [-0.2, -0.15) is 0 Å². The van der Waals surface area contributed by atoms with Crippen LogP contribution in [0.3, 0.4) is 0 Å². The summed E-state index contributed by atoms with van der Waals surface area (Å²) in [6.45, 7) is 8.44. The summed E-state index contributed by atoms with van der Waals surface area (Å²) in [4.78, 5) is 18.4. The molecule has 0 bridgehead atoms. The fourth-order valence-electron chi connectivity index (χ4n) is 4.22. The Morgan fingerprint density at radius 3 is 2.45 bits per heavy atom. The Morgan fingerprint density at radius 2 is 1.82 bits per heavy atom. The van der Waals surface area contributed by atoms with E-state index < -0.39 is 0 Å². The number of hydrogen-bond donors (Lipinski definition) is 2. The summed E-state index contributed by atoms with van der Waals surface area (Å²) in [7, 11) is 0. The Bertz CT molecular complexity index is 696. The molecule has 22 heavy (non-hydrogen) atoms. The van der Waals surface area contributed by atoms with E-state index in [1.54, 1.807) is 0 Å². The van der Waals surface area contributed by atoms with Crippen LogP contribution in [-0.2, 0) is 0 Å². The van der Waals surface area contributed by atoms with Crippen molar-refractivity contribution in [1.82, 2.24) is 9.88 Å². The molecule has 1 amide bonds. The SMILES string of the molecule is CC1(C)CC(N)CC(C)(C)N1C(=O)c1ccc2cc[nH]c2c1. The lowest BCUT2D eigenvalue weighted by molar-refractivity contribution is -0.0172. The van der Waals surface area contributed by atoms with Gasteiger partial charge in [0.15, 0.2) is 0 Å². The summed E-state index contributed by atoms with van der Waals surface area (Å²) in [6.07, 6.45) is 3.55. The minimum atomic E-state index is -0.247. The quantitative estimate of drug-likeness (QED) is 0.848. The second kappa shape index (κ2) is 4.85. The zero-order valence-electron chi connectivity index (χ0n) is 13.8. The van der Waals surface area contributed by atoms with Crippen molar-refractivity contribution in [2.75, 3.05) is 0 Å². The number of hydrogen-bond acceptors (Lipinski definition) is 2. The summed E-state index contributed by atoms with van der Waals surface area (Å²) in [5.41, 5.74) is 7.43. The first-order chi connectivity index (χ1) is 10.2. The minimum Gasteiger partial charge on any atom is -0.361 e. The first-order valence-corrected chi connectivity index (χ1v) is 7.88. The summed E-state index contributed by atoms with van der Waals surface area (Å²) >= 11 is 0. The Morgan fingerprint density at radius 1 is 1.18 bits per heavy atom. The molecule has 0 unspecified atom stereocenters. The van der Waals surface area contributed by atoms with Gasteiger partial charge in [0.05, 0.1) is 0 Å². The monoisotopic (exact) mass is 299 g/mol. The number of nitrogens with zero attached hydrogens (tertiary/aromatic N) is 1. The largest absolute Gasteiger partial charge is 0.361 e. The lowest BCUT2D eigenvalue weighted by Crippen LogP contribution is -2.65. The second-order valence-electron chi connectivity index (χ2n) is 7.71. The van der Waals surface area contributed by atoms with Gasteiger partial charge in [-0.15, -0.1) is 0 Å². The van der Waals surface area contributed by atoms with Gasteiger partial charge in [0.2, 0.25) is 0 Å². The molecule has 3 rings (SSSR count). The predicted molar refractivity (Wildman–Crippen MR) is 89.8 cm³/mol. The molecule has 1 aliphatic rings. The van der Waals surface area contributed by atoms with E-state index in [-0.39, 0.29) is 23.0 Å². The number of piperidine rings is 1. The van der Waals surface area contributed by atoms with Crippen molar-refractivity contribution < 1.29 is 4.79 Å². The van der Waals surface area contributed by atoms with Gasteiger partial charge in [-0.25, -0.2) is 0 Å². The number of carbonyl (C=O) groups excluding carboxylic acids is 1. The highest BCUT2D eigenvalue weighted by atomic mass is 16.2. The van der Waals surface area contributed by atoms with Crippen molar-refractivity contribution in [3.8, 4) is 0 Å².